The van der Waals surface area contributed by atoms with Gasteiger partial charge in [-0.15, -0.1) is 0 Å². The minimum Gasteiger partial charge on any atom is -0.450 e. The molecule has 5 atom stereocenters. The molecule has 5 nitrogen and oxygen atoms in total. The van der Waals surface area contributed by atoms with Crippen LogP contribution in [0.15, 0.2) is 11.6 Å². The van der Waals surface area contributed by atoms with E-state index in [-0.39, 0.29) is 29.0 Å². The fourth-order valence-electron chi connectivity index (χ4n) is 5.02. The highest BCUT2D eigenvalue weighted by Crippen LogP contribution is 2.60. The van der Waals surface area contributed by atoms with Crippen molar-refractivity contribution in [1.82, 2.24) is 0 Å². The number of hydrogen-bond donors (Lipinski definition) is 0. The molecule has 1 saturated carbocycles. The van der Waals surface area contributed by atoms with E-state index in [4.69, 9.17) is 14.2 Å². The van der Waals surface area contributed by atoms with Crippen LogP contribution in [0.4, 0.5) is 4.79 Å². The van der Waals surface area contributed by atoms with Crippen LogP contribution in [0.5, 0.6) is 0 Å². The maximum atomic E-state index is 11.7. The molecule has 2 fully saturated rings. The van der Waals surface area contributed by atoms with Crippen LogP contribution in [0.25, 0.3) is 0 Å². The van der Waals surface area contributed by atoms with Crippen LogP contribution in [-0.4, -0.2) is 30.4 Å². The first-order valence-corrected chi connectivity index (χ1v) is 8.91. The Morgan fingerprint density at radius 1 is 1.36 bits per heavy atom. The molecule has 1 aliphatic heterocycles. The molecule has 25 heavy (non-hydrogen) atoms. The number of carbonyl (C=O) groups is 2. The Bertz CT molecular complexity index is 680. The summed E-state index contributed by atoms with van der Waals surface area (Å²) in [6, 6.07) is 0. The molecule has 0 aromatic rings. The van der Waals surface area contributed by atoms with Crippen molar-refractivity contribution in [3.63, 3.8) is 0 Å². The van der Waals surface area contributed by atoms with Gasteiger partial charge < -0.3 is 14.2 Å². The zero-order chi connectivity index (χ0) is 18.4. The van der Waals surface area contributed by atoms with Crippen LogP contribution in [0.2, 0.25) is 0 Å². The first-order chi connectivity index (χ1) is 11.6. The van der Waals surface area contributed by atoms with Crippen LogP contribution in [0.3, 0.4) is 0 Å². The van der Waals surface area contributed by atoms with Gasteiger partial charge in [-0.25, -0.2) is 4.79 Å². The number of esters is 1. The highest BCUT2D eigenvalue weighted by atomic mass is 16.8. The van der Waals surface area contributed by atoms with E-state index in [1.54, 1.807) is 6.92 Å². The minimum absolute atomic E-state index is 0.181. The van der Waals surface area contributed by atoms with Gasteiger partial charge in [0.05, 0.1) is 0 Å². The summed E-state index contributed by atoms with van der Waals surface area (Å²) in [5.74, 6) is 6.29. The van der Waals surface area contributed by atoms with Crippen molar-refractivity contribution in [2.75, 3.05) is 0 Å². The number of fused-ring (bicyclic) bond motifs is 2. The second kappa shape index (κ2) is 6.09. The quantitative estimate of drug-likeness (QED) is 0.536. The first-order valence-electron chi connectivity index (χ1n) is 8.91. The molecule has 0 radical (unpaired) electrons. The van der Waals surface area contributed by atoms with Crippen molar-refractivity contribution < 1.29 is 23.8 Å². The third-order valence-electron chi connectivity index (χ3n) is 6.01. The summed E-state index contributed by atoms with van der Waals surface area (Å²) in [6.07, 6.45) is 3.42. The number of allylic oxidation sites excluding steroid dienone is 2. The molecule has 0 amide bonds. The molecule has 1 heterocycles. The summed E-state index contributed by atoms with van der Waals surface area (Å²) < 4.78 is 16.0. The lowest BCUT2D eigenvalue weighted by Gasteiger charge is -2.55. The van der Waals surface area contributed by atoms with E-state index in [9.17, 15) is 9.59 Å². The SMILES string of the molecule is CC(=O)O[C@@H](C)C#CC1=CCC[C@H]2C(C)(C)[C@H]3OC(=O)O[C@H]3C[C@]12C. The summed E-state index contributed by atoms with van der Waals surface area (Å²) in [5.41, 5.74) is 0.684. The van der Waals surface area contributed by atoms with Gasteiger partial charge in [0.25, 0.3) is 0 Å². The molecule has 3 rings (SSSR count). The third kappa shape index (κ3) is 3.03. The Balaban J connectivity index is 1.91. The zero-order valence-electron chi connectivity index (χ0n) is 15.5. The van der Waals surface area contributed by atoms with Crippen molar-refractivity contribution in [3.8, 4) is 11.8 Å². The number of ether oxygens (including phenoxy) is 3. The maximum Gasteiger partial charge on any atom is 0.509 e. The van der Waals surface area contributed by atoms with Gasteiger partial charge >= 0.3 is 12.1 Å². The predicted octanol–water partition coefficient (Wildman–Crippen LogP) is 3.62. The summed E-state index contributed by atoms with van der Waals surface area (Å²) >= 11 is 0. The molecule has 0 spiro atoms. The molecular weight excluding hydrogens is 320 g/mol. The number of hydrogen-bond acceptors (Lipinski definition) is 5. The Hall–Kier alpha value is -1.96. The molecule has 3 aliphatic rings. The lowest BCUT2D eigenvalue weighted by Crippen LogP contribution is -2.56. The first kappa shape index (κ1) is 17.8. The van der Waals surface area contributed by atoms with Crippen LogP contribution in [0.1, 0.15) is 53.9 Å². The lowest BCUT2D eigenvalue weighted by molar-refractivity contribution is -0.143. The van der Waals surface area contributed by atoms with Crippen molar-refractivity contribution in [2.45, 2.75) is 72.2 Å². The average molecular weight is 346 g/mol. The highest BCUT2D eigenvalue weighted by molar-refractivity contribution is 5.66. The molecule has 0 N–H and O–H groups in total. The molecule has 0 aromatic carbocycles. The Labute approximate surface area is 149 Å². The van der Waals surface area contributed by atoms with Crippen molar-refractivity contribution in [2.24, 2.45) is 16.7 Å². The maximum absolute atomic E-state index is 11.7. The van der Waals surface area contributed by atoms with Gasteiger partial charge in [0.1, 0.15) is 12.2 Å². The summed E-state index contributed by atoms with van der Waals surface area (Å²) in [6.45, 7) is 9.68. The summed E-state index contributed by atoms with van der Waals surface area (Å²) in [5, 5.41) is 0. The van der Waals surface area contributed by atoms with Gasteiger partial charge in [0, 0.05) is 23.3 Å². The van der Waals surface area contributed by atoms with E-state index >= 15 is 0 Å². The summed E-state index contributed by atoms with van der Waals surface area (Å²) in [7, 11) is 0. The van der Waals surface area contributed by atoms with E-state index in [2.05, 4.69) is 38.7 Å². The van der Waals surface area contributed by atoms with Crippen LogP contribution in [-0.2, 0) is 19.0 Å². The van der Waals surface area contributed by atoms with Crippen molar-refractivity contribution >= 4 is 12.1 Å². The fourth-order valence-corrected chi connectivity index (χ4v) is 5.02. The second-order valence-corrected chi connectivity index (χ2v) is 8.16. The molecule has 0 unspecified atom stereocenters. The minimum atomic E-state index is -0.564. The largest absolute Gasteiger partial charge is 0.509 e. The van der Waals surface area contributed by atoms with Crippen LogP contribution < -0.4 is 0 Å². The highest BCUT2D eigenvalue weighted by Gasteiger charge is 2.61. The van der Waals surface area contributed by atoms with Gasteiger partial charge in [0.2, 0.25) is 0 Å². The number of rotatable bonds is 1. The topological polar surface area (TPSA) is 61.8 Å². The molecule has 0 bridgehead atoms. The van der Waals surface area contributed by atoms with Gasteiger partial charge in [-0.1, -0.05) is 38.7 Å². The normalized spacial score (nSPS) is 36.4. The standard InChI is InChI=1S/C20H26O5/c1-12(23-13(2)21)9-10-14-7-6-8-16-19(3,4)17-15(11-20(14,16)5)24-18(22)25-17/h7,12,15-17H,6,8,11H2,1-5H3/t12-,15-,16-,17-,20+/m0/s1. The summed E-state index contributed by atoms with van der Waals surface area (Å²) in [4.78, 5) is 22.7. The van der Waals surface area contributed by atoms with E-state index in [1.165, 1.54) is 6.92 Å². The Morgan fingerprint density at radius 2 is 2.08 bits per heavy atom. The van der Waals surface area contributed by atoms with Crippen molar-refractivity contribution in [3.05, 3.63) is 11.6 Å². The number of carbonyl (C=O) groups excluding carboxylic acids is 2. The Morgan fingerprint density at radius 3 is 2.76 bits per heavy atom. The van der Waals surface area contributed by atoms with E-state index < -0.39 is 12.3 Å². The molecule has 1 saturated heterocycles. The predicted molar refractivity (Wildman–Crippen MR) is 91.5 cm³/mol. The van der Waals surface area contributed by atoms with Gasteiger partial charge in [0.15, 0.2) is 6.10 Å². The molecular formula is C20H26O5. The van der Waals surface area contributed by atoms with Crippen molar-refractivity contribution in [1.29, 1.82) is 0 Å². The fraction of sp³-hybridized carbons (Fsp3) is 0.700. The molecule has 0 aromatic heterocycles. The van der Waals surface area contributed by atoms with E-state index in [0.717, 1.165) is 18.4 Å². The average Bonchev–Trinajstić information content (AvgIpc) is 2.85. The van der Waals surface area contributed by atoms with E-state index in [0.29, 0.717) is 12.3 Å². The molecule has 2 aliphatic carbocycles. The van der Waals surface area contributed by atoms with Gasteiger partial charge in [-0.3, -0.25) is 4.79 Å². The molecule has 136 valence electrons. The monoisotopic (exact) mass is 346 g/mol. The van der Waals surface area contributed by atoms with Gasteiger partial charge in [-0.2, -0.15) is 0 Å². The second-order valence-electron chi connectivity index (χ2n) is 8.16. The smallest absolute Gasteiger partial charge is 0.450 e. The van der Waals surface area contributed by atoms with Crippen LogP contribution in [0, 0.1) is 28.6 Å². The zero-order valence-corrected chi connectivity index (χ0v) is 15.5. The van der Waals surface area contributed by atoms with Crippen LogP contribution >= 0.6 is 0 Å². The van der Waals surface area contributed by atoms with Gasteiger partial charge in [-0.05, 0) is 32.1 Å². The molecule has 5 heteroatoms. The van der Waals surface area contributed by atoms with E-state index in [1.807, 2.05) is 0 Å². The lowest BCUT2D eigenvalue weighted by atomic mass is 9.49. The Kier molecular flexibility index (Phi) is 4.35. The third-order valence-corrected chi connectivity index (χ3v) is 6.01.